The van der Waals surface area contributed by atoms with E-state index in [1.54, 1.807) is 30.3 Å². The minimum atomic E-state index is -4.01. The van der Waals surface area contributed by atoms with Gasteiger partial charge in [-0.15, -0.1) is 0 Å². The molecule has 10 heteroatoms. The van der Waals surface area contributed by atoms with Crippen molar-refractivity contribution in [2.24, 2.45) is 0 Å². The van der Waals surface area contributed by atoms with Gasteiger partial charge in [-0.25, -0.2) is 8.42 Å². The molecule has 0 saturated heterocycles. The number of hydrogen-bond acceptors (Lipinski definition) is 7. The van der Waals surface area contributed by atoms with Crippen LogP contribution in [0.4, 0.5) is 11.4 Å². The van der Waals surface area contributed by atoms with E-state index in [4.69, 9.17) is 18.9 Å². The van der Waals surface area contributed by atoms with Gasteiger partial charge < -0.3 is 24.3 Å². The molecule has 3 aromatic carbocycles. The Balaban J connectivity index is 1.58. The number of hydrogen-bond donors (Lipinski definition) is 2. The smallest absolute Gasteiger partial charge is 0.262 e. The average Bonchev–Trinajstić information content (AvgIpc) is 2.83. The normalized spacial score (nSPS) is 12.5. The minimum Gasteiger partial charge on any atom is -0.493 e. The first-order valence-electron chi connectivity index (χ1n) is 9.96. The van der Waals surface area contributed by atoms with Gasteiger partial charge in [-0.05, 0) is 36.4 Å². The molecule has 9 nitrogen and oxygen atoms in total. The number of rotatable bonds is 7. The maximum atomic E-state index is 13.0. The summed E-state index contributed by atoms with van der Waals surface area (Å²) < 4.78 is 49.8. The molecule has 0 radical (unpaired) electrons. The monoisotopic (exact) mass is 470 g/mol. The van der Waals surface area contributed by atoms with Gasteiger partial charge in [0.2, 0.25) is 0 Å². The van der Waals surface area contributed by atoms with Crippen LogP contribution in [-0.2, 0) is 10.0 Å². The zero-order valence-corrected chi connectivity index (χ0v) is 18.8. The molecule has 1 aliphatic heterocycles. The highest BCUT2D eigenvalue weighted by atomic mass is 32.2. The lowest BCUT2D eigenvalue weighted by Crippen LogP contribution is -2.19. The van der Waals surface area contributed by atoms with Crippen LogP contribution in [0.25, 0.3) is 0 Å². The van der Waals surface area contributed by atoms with Crippen LogP contribution >= 0.6 is 0 Å². The highest BCUT2D eigenvalue weighted by Crippen LogP contribution is 2.33. The molecule has 0 spiro atoms. The molecule has 1 amide bonds. The summed E-state index contributed by atoms with van der Waals surface area (Å²) in [7, 11) is -1.14. The number of anilines is 2. The summed E-state index contributed by atoms with van der Waals surface area (Å²) in [6, 6.07) is 15.6. The number of ether oxygens (including phenoxy) is 4. The molecule has 2 N–H and O–H groups in total. The highest BCUT2D eigenvalue weighted by molar-refractivity contribution is 7.92. The fourth-order valence-electron chi connectivity index (χ4n) is 3.28. The van der Waals surface area contributed by atoms with Gasteiger partial charge in [-0.3, -0.25) is 9.52 Å². The van der Waals surface area contributed by atoms with Crippen LogP contribution in [0.15, 0.2) is 65.6 Å². The third-order valence-electron chi connectivity index (χ3n) is 4.88. The first-order chi connectivity index (χ1) is 15.9. The number of para-hydroxylation sites is 1. The van der Waals surface area contributed by atoms with Crippen molar-refractivity contribution >= 4 is 27.3 Å². The number of carbonyl (C=O) groups excluding carboxylic acids is 1. The lowest BCUT2D eigenvalue weighted by Gasteiger charge is -2.19. The second-order valence-electron chi connectivity index (χ2n) is 6.98. The SMILES string of the molecule is COc1ccc(S(=O)(=O)Nc2ccccc2C(=O)Nc2ccc3c(c2)OCCO3)cc1OC. The molecule has 172 valence electrons. The minimum absolute atomic E-state index is 0.0396. The van der Waals surface area contributed by atoms with Crippen LogP contribution in [0.1, 0.15) is 10.4 Å². The molecule has 1 aliphatic rings. The summed E-state index contributed by atoms with van der Waals surface area (Å²) in [5.41, 5.74) is 0.764. The van der Waals surface area contributed by atoms with Crippen molar-refractivity contribution < 1.29 is 32.2 Å². The first kappa shape index (κ1) is 22.3. The number of carbonyl (C=O) groups is 1. The van der Waals surface area contributed by atoms with Crippen LogP contribution in [0.5, 0.6) is 23.0 Å². The van der Waals surface area contributed by atoms with Crippen molar-refractivity contribution in [3.8, 4) is 23.0 Å². The first-order valence-corrected chi connectivity index (χ1v) is 11.4. The molecular formula is C23H22N2O7S. The quantitative estimate of drug-likeness (QED) is 0.543. The Kier molecular flexibility index (Phi) is 6.27. The van der Waals surface area contributed by atoms with Crippen LogP contribution in [-0.4, -0.2) is 41.8 Å². The van der Waals surface area contributed by atoms with E-state index in [9.17, 15) is 13.2 Å². The van der Waals surface area contributed by atoms with Crippen molar-refractivity contribution in [1.29, 1.82) is 0 Å². The number of fused-ring (bicyclic) bond motifs is 1. The summed E-state index contributed by atoms with van der Waals surface area (Å²) in [6.07, 6.45) is 0. The lowest BCUT2D eigenvalue weighted by molar-refractivity contribution is 0.102. The Morgan fingerprint density at radius 1 is 0.879 bits per heavy atom. The van der Waals surface area contributed by atoms with Gasteiger partial charge in [0.1, 0.15) is 13.2 Å². The molecule has 4 rings (SSSR count). The molecule has 1 heterocycles. The predicted molar refractivity (Wildman–Crippen MR) is 122 cm³/mol. The molecule has 0 saturated carbocycles. The van der Waals surface area contributed by atoms with Crippen LogP contribution in [0, 0.1) is 0 Å². The Morgan fingerprint density at radius 3 is 2.36 bits per heavy atom. The topological polar surface area (TPSA) is 112 Å². The van der Waals surface area contributed by atoms with Gasteiger partial charge in [0, 0.05) is 17.8 Å². The van der Waals surface area contributed by atoms with E-state index in [0.29, 0.717) is 36.1 Å². The second-order valence-corrected chi connectivity index (χ2v) is 8.66. The number of amides is 1. The van der Waals surface area contributed by atoms with Crippen molar-refractivity contribution in [3.63, 3.8) is 0 Å². The van der Waals surface area contributed by atoms with E-state index in [2.05, 4.69) is 10.0 Å². The standard InChI is InChI=1S/C23H22N2O7S/c1-29-19-10-8-16(14-21(19)30-2)33(27,28)25-18-6-4-3-5-17(18)23(26)24-15-7-9-20-22(13-15)32-12-11-31-20/h3-10,13-14,25H,11-12H2,1-2H3,(H,24,26). The van der Waals surface area contributed by atoms with E-state index in [1.807, 2.05) is 0 Å². The number of sulfonamides is 1. The maximum Gasteiger partial charge on any atom is 0.262 e. The number of benzene rings is 3. The second kappa shape index (κ2) is 9.29. The fraction of sp³-hybridized carbons (Fsp3) is 0.174. The number of nitrogens with one attached hydrogen (secondary N) is 2. The van der Waals surface area contributed by atoms with Gasteiger partial charge in [0.05, 0.1) is 30.4 Å². The van der Waals surface area contributed by atoms with Gasteiger partial charge in [0.15, 0.2) is 23.0 Å². The molecular weight excluding hydrogens is 448 g/mol. The fourth-order valence-corrected chi connectivity index (χ4v) is 4.37. The maximum absolute atomic E-state index is 13.0. The molecule has 0 aromatic heterocycles. The van der Waals surface area contributed by atoms with Crippen LogP contribution in [0.2, 0.25) is 0 Å². The van der Waals surface area contributed by atoms with Gasteiger partial charge in [0.25, 0.3) is 15.9 Å². The largest absolute Gasteiger partial charge is 0.493 e. The van der Waals surface area contributed by atoms with Gasteiger partial charge in [-0.1, -0.05) is 12.1 Å². The van der Waals surface area contributed by atoms with E-state index in [1.165, 1.54) is 44.6 Å². The number of methoxy groups -OCH3 is 2. The molecule has 33 heavy (non-hydrogen) atoms. The Bertz CT molecular complexity index is 1290. The van der Waals surface area contributed by atoms with Crippen molar-refractivity contribution in [2.45, 2.75) is 4.90 Å². The lowest BCUT2D eigenvalue weighted by atomic mass is 10.1. The zero-order chi connectivity index (χ0) is 23.4. The summed E-state index contributed by atoms with van der Waals surface area (Å²) in [4.78, 5) is 12.9. The summed E-state index contributed by atoms with van der Waals surface area (Å²) in [5.74, 6) is 1.31. The molecule has 0 unspecified atom stereocenters. The Hall–Kier alpha value is -3.92. The zero-order valence-electron chi connectivity index (χ0n) is 18.0. The van der Waals surface area contributed by atoms with Crippen molar-refractivity contribution in [1.82, 2.24) is 0 Å². The van der Waals surface area contributed by atoms with E-state index in [-0.39, 0.29) is 21.9 Å². The average molecular weight is 471 g/mol. The molecule has 0 atom stereocenters. The van der Waals surface area contributed by atoms with Gasteiger partial charge in [-0.2, -0.15) is 0 Å². The van der Waals surface area contributed by atoms with E-state index < -0.39 is 15.9 Å². The molecule has 0 aliphatic carbocycles. The molecule has 0 bridgehead atoms. The summed E-state index contributed by atoms with van der Waals surface area (Å²) in [5, 5.41) is 2.76. The Labute approximate surface area is 191 Å². The third-order valence-corrected chi connectivity index (χ3v) is 6.24. The van der Waals surface area contributed by atoms with E-state index >= 15 is 0 Å². The highest BCUT2D eigenvalue weighted by Gasteiger charge is 2.21. The summed E-state index contributed by atoms with van der Waals surface area (Å²) >= 11 is 0. The third kappa shape index (κ3) is 4.80. The van der Waals surface area contributed by atoms with Crippen LogP contribution < -0.4 is 29.0 Å². The predicted octanol–water partition coefficient (Wildman–Crippen LogP) is 3.53. The molecule has 3 aromatic rings. The van der Waals surface area contributed by atoms with Crippen molar-refractivity contribution in [2.75, 3.05) is 37.5 Å². The van der Waals surface area contributed by atoms with Gasteiger partial charge >= 0.3 is 0 Å². The van der Waals surface area contributed by atoms with Crippen LogP contribution in [0.3, 0.4) is 0 Å². The summed E-state index contributed by atoms with van der Waals surface area (Å²) in [6.45, 7) is 0.886. The van der Waals surface area contributed by atoms with E-state index in [0.717, 1.165) is 0 Å². The van der Waals surface area contributed by atoms with Crippen molar-refractivity contribution in [3.05, 3.63) is 66.2 Å². The Morgan fingerprint density at radius 2 is 1.61 bits per heavy atom. The molecule has 0 fully saturated rings.